The van der Waals surface area contributed by atoms with Crippen LogP contribution >= 0.6 is 0 Å². The maximum absolute atomic E-state index is 12.4. The number of anilines is 1. The van der Waals surface area contributed by atoms with Crippen molar-refractivity contribution in [3.63, 3.8) is 0 Å². The molecule has 0 aliphatic rings. The van der Waals surface area contributed by atoms with Gasteiger partial charge in [0.1, 0.15) is 23.3 Å². The number of amides is 1. The largest absolute Gasteiger partial charge is 0.361 e. The third-order valence-electron chi connectivity index (χ3n) is 3.44. The first-order valence-corrected chi connectivity index (χ1v) is 7.06. The molecule has 3 aromatic rings. The second-order valence-corrected chi connectivity index (χ2v) is 5.33. The van der Waals surface area contributed by atoms with E-state index in [1.54, 1.807) is 30.2 Å². The number of rotatable bonds is 5. The molecule has 9 heteroatoms. The number of hydrogen-bond acceptors (Lipinski definition) is 7. The lowest BCUT2D eigenvalue weighted by Crippen LogP contribution is -2.36. The van der Waals surface area contributed by atoms with Gasteiger partial charge in [-0.3, -0.25) is 4.79 Å². The number of nitrogens with zero attached hydrogens (tertiary/aromatic N) is 6. The van der Waals surface area contributed by atoms with Crippen LogP contribution in [0, 0.1) is 6.92 Å². The molecule has 3 aromatic heterocycles. The molecule has 3 heterocycles. The second-order valence-electron chi connectivity index (χ2n) is 5.33. The molecule has 1 amide bonds. The topological polar surface area (TPSA) is 104 Å². The predicted octanol–water partition coefficient (Wildman–Crippen LogP) is 0.744. The summed E-state index contributed by atoms with van der Waals surface area (Å²) in [5.41, 5.74) is 2.00. The van der Waals surface area contributed by atoms with Crippen LogP contribution in [0.4, 0.5) is 5.82 Å². The zero-order chi connectivity index (χ0) is 16.4. The Labute approximate surface area is 132 Å². The minimum absolute atomic E-state index is 0.0561. The lowest BCUT2D eigenvalue weighted by Gasteiger charge is -2.22. The molecule has 0 aliphatic heterocycles. The quantitative estimate of drug-likeness (QED) is 0.740. The molecule has 0 fully saturated rings. The first-order chi connectivity index (χ1) is 11.0. The van der Waals surface area contributed by atoms with E-state index in [0.29, 0.717) is 23.5 Å². The summed E-state index contributed by atoms with van der Waals surface area (Å²) < 4.78 is 5.01. The molecule has 0 bridgehead atoms. The maximum Gasteiger partial charge on any atom is 0.242 e. The van der Waals surface area contributed by atoms with Crippen LogP contribution in [0.2, 0.25) is 0 Å². The molecule has 0 unspecified atom stereocenters. The van der Waals surface area contributed by atoms with Crippen molar-refractivity contribution in [2.24, 2.45) is 0 Å². The summed E-state index contributed by atoms with van der Waals surface area (Å²) in [6, 6.07) is 1.81. The van der Waals surface area contributed by atoms with E-state index in [0.717, 1.165) is 11.5 Å². The van der Waals surface area contributed by atoms with Gasteiger partial charge in [0.25, 0.3) is 0 Å². The SMILES string of the molecule is Cc1cc(CN(C)C(=O)CN(C)c2ncnc3nc[nH]c23)no1. The fourth-order valence-corrected chi connectivity index (χ4v) is 2.26. The number of fused-ring (bicyclic) bond motifs is 1. The molecule has 0 aliphatic carbocycles. The van der Waals surface area contributed by atoms with Crippen LogP contribution in [0.3, 0.4) is 0 Å². The molecule has 0 spiro atoms. The number of aromatic amines is 1. The van der Waals surface area contributed by atoms with Crippen LogP contribution in [0.15, 0.2) is 23.2 Å². The molecule has 0 aromatic carbocycles. The lowest BCUT2D eigenvalue weighted by atomic mass is 10.3. The van der Waals surface area contributed by atoms with Gasteiger partial charge in [-0.05, 0) is 6.92 Å². The lowest BCUT2D eigenvalue weighted by molar-refractivity contribution is -0.128. The number of H-pyrrole nitrogens is 1. The fourth-order valence-electron chi connectivity index (χ4n) is 2.26. The Morgan fingerprint density at radius 2 is 2.13 bits per heavy atom. The number of aromatic nitrogens is 5. The summed E-state index contributed by atoms with van der Waals surface area (Å²) in [5.74, 6) is 1.30. The molecule has 0 saturated heterocycles. The van der Waals surface area contributed by atoms with Crippen molar-refractivity contribution in [1.82, 2.24) is 30.0 Å². The van der Waals surface area contributed by atoms with E-state index < -0.39 is 0 Å². The molecule has 23 heavy (non-hydrogen) atoms. The molecule has 1 N–H and O–H groups in total. The standard InChI is InChI=1S/C14H17N7O2/c1-9-4-10(19-23-9)5-20(2)11(22)6-21(3)14-12-13(16-7-15-12)17-8-18-14/h4,7-8H,5-6H2,1-3H3,(H,15,16,17,18). The number of aryl methyl sites for hydroxylation is 1. The number of imidazole rings is 1. The first-order valence-electron chi connectivity index (χ1n) is 7.06. The maximum atomic E-state index is 12.4. The molecule has 9 nitrogen and oxygen atoms in total. The molecule has 120 valence electrons. The average Bonchev–Trinajstić information content (AvgIpc) is 3.15. The third-order valence-corrected chi connectivity index (χ3v) is 3.44. The van der Waals surface area contributed by atoms with Gasteiger partial charge in [0.2, 0.25) is 5.91 Å². The van der Waals surface area contributed by atoms with Crippen LogP contribution in [-0.4, -0.2) is 56.5 Å². The highest BCUT2D eigenvalue weighted by Gasteiger charge is 2.17. The molecule has 0 saturated carbocycles. The Kier molecular flexibility index (Phi) is 3.92. The van der Waals surface area contributed by atoms with E-state index >= 15 is 0 Å². The van der Waals surface area contributed by atoms with Crippen LogP contribution in [-0.2, 0) is 11.3 Å². The van der Waals surface area contributed by atoms with Gasteiger partial charge in [-0.25, -0.2) is 15.0 Å². The van der Waals surface area contributed by atoms with Crippen LogP contribution in [0.5, 0.6) is 0 Å². The van der Waals surface area contributed by atoms with Crippen LogP contribution < -0.4 is 4.90 Å². The van der Waals surface area contributed by atoms with Crippen LogP contribution in [0.25, 0.3) is 11.2 Å². The minimum atomic E-state index is -0.0561. The molecule has 3 rings (SSSR count). The monoisotopic (exact) mass is 315 g/mol. The fraction of sp³-hybridized carbons (Fsp3) is 0.357. The summed E-state index contributed by atoms with van der Waals surface area (Å²) in [6.07, 6.45) is 2.99. The van der Waals surface area contributed by atoms with E-state index in [9.17, 15) is 4.79 Å². The highest BCUT2D eigenvalue weighted by molar-refractivity contribution is 5.86. The summed E-state index contributed by atoms with van der Waals surface area (Å²) in [4.78, 5) is 31.1. The van der Waals surface area contributed by atoms with Crippen molar-refractivity contribution < 1.29 is 9.32 Å². The number of likely N-dealkylation sites (N-methyl/N-ethyl adjacent to an activating group) is 2. The van der Waals surface area contributed by atoms with Crippen molar-refractivity contribution in [3.8, 4) is 0 Å². The van der Waals surface area contributed by atoms with Crippen molar-refractivity contribution in [2.75, 3.05) is 25.5 Å². The highest BCUT2D eigenvalue weighted by atomic mass is 16.5. The van der Waals surface area contributed by atoms with Crippen LogP contribution in [0.1, 0.15) is 11.5 Å². The van der Waals surface area contributed by atoms with Gasteiger partial charge in [0, 0.05) is 20.2 Å². The van der Waals surface area contributed by atoms with E-state index in [-0.39, 0.29) is 12.5 Å². The third kappa shape index (κ3) is 3.12. The van der Waals surface area contributed by atoms with Gasteiger partial charge >= 0.3 is 0 Å². The highest BCUT2D eigenvalue weighted by Crippen LogP contribution is 2.18. The van der Waals surface area contributed by atoms with Gasteiger partial charge in [-0.15, -0.1) is 0 Å². The number of carbonyl (C=O) groups is 1. The molecular formula is C14H17N7O2. The first kappa shape index (κ1) is 14.9. The molecule has 0 radical (unpaired) electrons. The Balaban J connectivity index is 1.68. The smallest absolute Gasteiger partial charge is 0.242 e. The summed E-state index contributed by atoms with van der Waals surface area (Å²) in [7, 11) is 3.53. The predicted molar refractivity (Wildman–Crippen MR) is 82.7 cm³/mol. The van der Waals surface area contributed by atoms with E-state index in [1.807, 2.05) is 13.0 Å². The number of carbonyl (C=O) groups excluding carboxylic acids is 1. The van der Waals surface area contributed by atoms with Crippen molar-refractivity contribution in [2.45, 2.75) is 13.5 Å². The van der Waals surface area contributed by atoms with Gasteiger partial charge in [0.15, 0.2) is 11.5 Å². The minimum Gasteiger partial charge on any atom is -0.361 e. The van der Waals surface area contributed by atoms with E-state index in [1.165, 1.54) is 6.33 Å². The Morgan fingerprint density at radius 3 is 2.87 bits per heavy atom. The second kappa shape index (κ2) is 6.03. The number of nitrogens with one attached hydrogen (secondary N) is 1. The molecule has 0 atom stereocenters. The van der Waals surface area contributed by atoms with Gasteiger partial charge in [0.05, 0.1) is 19.4 Å². The van der Waals surface area contributed by atoms with Crippen molar-refractivity contribution in [1.29, 1.82) is 0 Å². The van der Waals surface area contributed by atoms with Gasteiger partial charge < -0.3 is 19.3 Å². The summed E-state index contributed by atoms with van der Waals surface area (Å²) >= 11 is 0. The van der Waals surface area contributed by atoms with E-state index in [2.05, 4.69) is 25.1 Å². The van der Waals surface area contributed by atoms with Crippen molar-refractivity contribution >= 4 is 22.9 Å². The zero-order valence-electron chi connectivity index (χ0n) is 13.1. The molecular weight excluding hydrogens is 298 g/mol. The summed E-state index contributed by atoms with van der Waals surface area (Å²) in [6.45, 7) is 2.39. The van der Waals surface area contributed by atoms with Gasteiger partial charge in [-0.2, -0.15) is 0 Å². The number of hydrogen-bond donors (Lipinski definition) is 1. The Bertz CT molecular complexity index is 825. The normalized spacial score (nSPS) is 10.9. The zero-order valence-corrected chi connectivity index (χ0v) is 13.1. The summed E-state index contributed by atoms with van der Waals surface area (Å²) in [5, 5.41) is 3.89. The van der Waals surface area contributed by atoms with Gasteiger partial charge in [-0.1, -0.05) is 5.16 Å². The average molecular weight is 315 g/mol. The van der Waals surface area contributed by atoms with Crippen molar-refractivity contribution in [3.05, 3.63) is 30.2 Å². The van der Waals surface area contributed by atoms with E-state index in [4.69, 9.17) is 4.52 Å². The Morgan fingerprint density at radius 1 is 1.30 bits per heavy atom. The Hall–Kier alpha value is -2.97.